The van der Waals surface area contributed by atoms with E-state index in [1.54, 1.807) is 0 Å². The van der Waals surface area contributed by atoms with Crippen LogP contribution in [0.3, 0.4) is 0 Å². The molecule has 1 heterocycles. The molecular formula is C14H27N3O. The first-order valence-corrected chi connectivity index (χ1v) is 7.39. The van der Waals surface area contributed by atoms with E-state index in [-0.39, 0.29) is 11.3 Å². The third-order valence-corrected chi connectivity index (χ3v) is 4.41. The van der Waals surface area contributed by atoms with Crippen LogP contribution in [0.5, 0.6) is 0 Å². The average molecular weight is 253 g/mol. The third kappa shape index (κ3) is 3.45. The predicted molar refractivity (Wildman–Crippen MR) is 73.5 cm³/mol. The van der Waals surface area contributed by atoms with Crippen molar-refractivity contribution >= 4 is 5.91 Å². The molecular weight excluding hydrogens is 226 g/mol. The molecule has 2 fully saturated rings. The van der Waals surface area contributed by atoms with Crippen molar-refractivity contribution in [3.8, 4) is 0 Å². The average Bonchev–Trinajstić information content (AvgIpc) is 3.19. The van der Waals surface area contributed by atoms with Crippen LogP contribution in [0.15, 0.2) is 0 Å². The molecule has 1 aliphatic carbocycles. The second kappa shape index (κ2) is 6.02. The Morgan fingerprint density at radius 2 is 2.06 bits per heavy atom. The first-order valence-electron chi connectivity index (χ1n) is 7.39. The highest BCUT2D eigenvalue weighted by Crippen LogP contribution is 2.28. The molecule has 1 saturated heterocycles. The lowest BCUT2D eigenvalue weighted by Crippen LogP contribution is -2.47. The van der Waals surface area contributed by atoms with Crippen molar-refractivity contribution < 1.29 is 4.79 Å². The molecule has 0 aromatic heterocycles. The number of rotatable bonds is 6. The number of carbonyl (C=O) groups excluding carboxylic acids is 1. The Labute approximate surface area is 110 Å². The van der Waals surface area contributed by atoms with Gasteiger partial charge in [-0.05, 0) is 45.3 Å². The van der Waals surface area contributed by atoms with Gasteiger partial charge in [-0.2, -0.15) is 0 Å². The standard InChI is InChI=1S/C14H27N3O/c1-3-17(12-4-5-12)11-10-16-13(18)14(2)6-8-15-9-7-14/h12,15H,3-11H2,1-2H3,(H,16,18). The van der Waals surface area contributed by atoms with Gasteiger partial charge in [0.2, 0.25) is 5.91 Å². The highest BCUT2D eigenvalue weighted by molar-refractivity contribution is 5.82. The van der Waals surface area contributed by atoms with Gasteiger partial charge in [-0.1, -0.05) is 13.8 Å². The van der Waals surface area contributed by atoms with E-state index in [9.17, 15) is 4.79 Å². The van der Waals surface area contributed by atoms with Crippen LogP contribution in [-0.2, 0) is 4.79 Å². The van der Waals surface area contributed by atoms with Crippen molar-refractivity contribution in [3.05, 3.63) is 0 Å². The Hall–Kier alpha value is -0.610. The van der Waals surface area contributed by atoms with Crippen molar-refractivity contribution in [2.45, 2.75) is 45.6 Å². The topological polar surface area (TPSA) is 44.4 Å². The maximum absolute atomic E-state index is 12.2. The van der Waals surface area contributed by atoms with E-state index in [1.165, 1.54) is 12.8 Å². The Morgan fingerprint density at radius 3 is 2.61 bits per heavy atom. The van der Waals surface area contributed by atoms with Gasteiger partial charge in [-0.25, -0.2) is 0 Å². The lowest BCUT2D eigenvalue weighted by molar-refractivity contribution is -0.131. The van der Waals surface area contributed by atoms with Crippen LogP contribution < -0.4 is 10.6 Å². The number of nitrogens with one attached hydrogen (secondary N) is 2. The van der Waals surface area contributed by atoms with Gasteiger partial charge < -0.3 is 10.6 Å². The van der Waals surface area contributed by atoms with Gasteiger partial charge in [0.05, 0.1) is 0 Å². The molecule has 0 spiro atoms. The largest absolute Gasteiger partial charge is 0.354 e. The summed E-state index contributed by atoms with van der Waals surface area (Å²) in [6, 6.07) is 0.793. The minimum atomic E-state index is -0.151. The van der Waals surface area contributed by atoms with Crippen LogP contribution in [0.25, 0.3) is 0 Å². The summed E-state index contributed by atoms with van der Waals surface area (Å²) in [7, 11) is 0. The zero-order valence-corrected chi connectivity index (χ0v) is 11.8. The number of likely N-dealkylation sites (N-methyl/N-ethyl adjacent to an activating group) is 1. The summed E-state index contributed by atoms with van der Waals surface area (Å²) in [5, 5.41) is 6.45. The van der Waals surface area contributed by atoms with E-state index in [0.717, 1.165) is 51.6 Å². The molecule has 0 aromatic rings. The van der Waals surface area contributed by atoms with Crippen LogP contribution in [0.1, 0.15) is 39.5 Å². The Bertz CT molecular complexity index is 283. The van der Waals surface area contributed by atoms with Crippen LogP contribution >= 0.6 is 0 Å². The second-order valence-corrected chi connectivity index (χ2v) is 5.93. The monoisotopic (exact) mass is 253 g/mol. The van der Waals surface area contributed by atoms with Gasteiger partial charge in [-0.15, -0.1) is 0 Å². The molecule has 1 saturated carbocycles. The van der Waals surface area contributed by atoms with Crippen molar-refractivity contribution in [1.82, 2.24) is 15.5 Å². The summed E-state index contributed by atoms with van der Waals surface area (Å²) < 4.78 is 0. The van der Waals surface area contributed by atoms with Gasteiger partial charge in [0, 0.05) is 24.5 Å². The van der Waals surface area contributed by atoms with E-state index in [4.69, 9.17) is 0 Å². The molecule has 0 bridgehead atoms. The summed E-state index contributed by atoms with van der Waals surface area (Å²) in [5.41, 5.74) is -0.151. The van der Waals surface area contributed by atoms with E-state index in [1.807, 2.05) is 0 Å². The van der Waals surface area contributed by atoms with E-state index in [0.29, 0.717) is 0 Å². The Kier molecular flexibility index (Phi) is 4.62. The quantitative estimate of drug-likeness (QED) is 0.741. The zero-order chi connectivity index (χ0) is 13.0. The van der Waals surface area contributed by atoms with Crippen LogP contribution in [0, 0.1) is 5.41 Å². The number of piperidine rings is 1. The van der Waals surface area contributed by atoms with E-state index >= 15 is 0 Å². The van der Waals surface area contributed by atoms with Crippen molar-refractivity contribution in [2.75, 3.05) is 32.7 Å². The summed E-state index contributed by atoms with van der Waals surface area (Å²) in [6.45, 7) is 9.13. The maximum atomic E-state index is 12.2. The normalized spacial score (nSPS) is 23.1. The van der Waals surface area contributed by atoms with Crippen molar-refractivity contribution in [3.63, 3.8) is 0 Å². The lowest BCUT2D eigenvalue weighted by atomic mass is 9.80. The van der Waals surface area contributed by atoms with E-state index in [2.05, 4.69) is 29.4 Å². The summed E-state index contributed by atoms with van der Waals surface area (Å²) in [5.74, 6) is 0.246. The van der Waals surface area contributed by atoms with Crippen molar-refractivity contribution in [2.24, 2.45) is 5.41 Å². The van der Waals surface area contributed by atoms with Gasteiger partial charge >= 0.3 is 0 Å². The maximum Gasteiger partial charge on any atom is 0.226 e. The molecule has 2 rings (SSSR count). The minimum absolute atomic E-state index is 0.151. The molecule has 0 radical (unpaired) electrons. The minimum Gasteiger partial charge on any atom is -0.354 e. The van der Waals surface area contributed by atoms with Crippen LogP contribution in [-0.4, -0.2) is 49.6 Å². The fraction of sp³-hybridized carbons (Fsp3) is 0.929. The molecule has 0 unspecified atom stereocenters. The molecule has 2 aliphatic rings. The Balaban J connectivity index is 1.70. The first-order chi connectivity index (χ1) is 8.65. The van der Waals surface area contributed by atoms with Gasteiger partial charge in [0.15, 0.2) is 0 Å². The van der Waals surface area contributed by atoms with E-state index < -0.39 is 0 Å². The van der Waals surface area contributed by atoms with Crippen molar-refractivity contribution in [1.29, 1.82) is 0 Å². The predicted octanol–water partition coefficient (Wildman–Crippen LogP) is 0.977. The van der Waals surface area contributed by atoms with Gasteiger partial charge in [0.25, 0.3) is 0 Å². The molecule has 104 valence electrons. The zero-order valence-electron chi connectivity index (χ0n) is 11.8. The smallest absolute Gasteiger partial charge is 0.226 e. The highest BCUT2D eigenvalue weighted by atomic mass is 16.2. The highest BCUT2D eigenvalue weighted by Gasteiger charge is 2.34. The number of hydrogen-bond donors (Lipinski definition) is 2. The molecule has 1 aliphatic heterocycles. The van der Waals surface area contributed by atoms with Gasteiger partial charge in [0.1, 0.15) is 0 Å². The van der Waals surface area contributed by atoms with Crippen LogP contribution in [0.2, 0.25) is 0 Å². The summed E-state index contributed by atoms with van der Waals surface area (Å²) in [6.07, 6.45) is 4.59. The lowest BCUT2D eigenvalue weighted by Gasteiger charge is -2.32. The SMILES string of the molecule is CCN(CCNC(=O)C1(C)CCNCC1)C1CC1. The number of nitrogens with zero attached hydrogens (tertiary/aromatic N) is 1. The second-order valence-electron chi connectivity index (χ2n) is 5.93. The van der Waals surface area contributed by atoms with Crippen LogP contribution in [0.4, 0.5) is 0 Å². The molecule has 0 atom stereocenters. The summed E-state index contributed by atoms with van der Waals surface area (Å²) >= 11 is 0. The molecule has 2 N–H and O–H groups in total. The number of carbonyl (C=O) groups is 1. The fourth-order valence-electron chi connectivity index (χ4n) is 2.77. The third-order valence-electron chi connectivity index (χ3n) is 4.41. The molecule has 0 aromatic carbocycles. The molecule has 4 heteroatoms. The Morgan fingerprint density at radius 1 is 1.39 bits per heavy atom. The summed E-state index contributed by atoms with van der Waals surface area (Å²) in [4.78, 5) is 14.7. The molecule has 4 nitrogen and oxygen atoms in total. The molecule has 18 heavy (non-hydrogen) atoms. The fourth-order valence-corrected chi connectivity index (χ4v) is 2.77. The first kappa shape index (κ1) is 13.8. The number of amides is 1. The number of hydrogen-bond acceptors (Lipinski definition) is 3. The van der Waals surface area contributed by atoms with Gasteiger partial charge in [-0.3, -0.25) is 9.69 Å². The molecule has 1 amide bonds.